The van der Waals surface area contributed by atoms with Gasteiger partial charge in [-0.1, -0.05) is 0 Å². The first kappa shape index (κ1) is 124. The fraction of sp³-hybridized carbons (Fsp3) is 1.00. The molecule has 2 rings (SSSR count). The van der Waals surface area contributed by atoms with Gasteiger partial charge in [-0.2, -0.15) is 0 Å². The highest BCUT2D eigenvalue weighted by Crippen LogP contribution is 2.49. The van der Waals surface area contributed by atoms with E-state index in [4.69, 9.17) is 146 Å². The summed E-state index contributed by atoms with van der Waals surface area (Å²) in [6, 6.07) is 0. The number of methoxy groups -OCH3 is 3. The average Bonchev–Trinajstić information content (AvgIpc) is 1.78. The number of rotatable bonds is 58. The first-order valence-electron chi connectivity index (χ1n) is 35.1. The van der Waals surface area contributed by atoms with Crippen LogP contribution in [0.15, 0.2) is 0 Å². The molecule has 2 aliphatic heterocycles. The summed E-state index contributed by atoms with van der Waals surface area (Å²) in [4.78, 5) is 0. The number of ether oxygens (including phenoxy) is 9. The van der Waals surface area contributed by atoms with E-state index in [1.807, 2.05) is 0 Å². The van der Waals surface area contributed by atoms with Crippen LogP contribution in [-0.2, 0) is 165 Å². The van der Waals surface area contributed by atoms with Crippen LogP contribution in [0.3, 0.4) is 0 Å². The van der Waals surface area contributed by atoms with Crippen molar-refractivity contribution in [2.24, 2.45) is 0 Å². The lowest BCUT2D eigenvalue weighted by molar-refractivity contribution is 0.0412. The fourth-order valence-corrected chi connectivity index (χ4v) is 14.7. The molecule has 674 valence electrons. The highest BCUT2D eigenvalue weighted by molar-refractivity contribution is 7.55. The van der Waals surface area contributed by atoms with E-state index in [-0.39, 0.29) is 132 Å². The molecule has 2 saturated heterocycles. The molecule has 6 N–H and O–H groups in total. The second-order valence-corrected chi connectivity index (χ2v) is 39.4. The zero-order valence-electron chi connectivity index (χ0n) is 68.1. The molecule has 0 amide bonds. The maximum absolute atomic E-state index is 11.8. The molecule has 0 aromatic heterocycles. The predicted octanol–water partition coefficient (Wildman–Crippen LogP) is 8.87. The molecule has 2 fully saturated rings. The molecule has 0 saturated carbocycles. The highest BCUT2D eigenvalue weighted by Gasteiger charge is 2.23. The van der Waals surface area contributed by atoms with Crippen molar-refractivity contribution in [1.82, 2.24) is 0 Å². The first-order valence-corrected chi connectivity index (χ1v) is 53.0. The van der Waals surface area contributed by atoms with Crippen LogP contribution in [0.2, 0.25) is 0 Å². The minimum atomic E-state index is -3.07. The Labute approximate surface area is 654 Å². The molecule has 0 aliphatic carbocycles. The SMILES string of the molecule is CCOP(C)(=O)OCC.CCOP(C)(=O)OCCO.CCOP(C)(=O)OCCOCCO.CCOP(C)(=O)OCCOCCOC.COCCOCCOP(C)(=O)OCCOCCOC.CP(=O)(OCCO)OCCO.CP(=O)(OCCOCCO)OCCOCCO.CP1(=O)OCCCCO1.CP1(=O)OCCCO1. The van der Waals surface area contributed by atoms with E-state index in [0.29, 0.717) is 126 Å². The van der Waals surface area contributed by atoms with Crippen LogP contribution >= 0.6 is 68.4 Å². The van der Waals surface area contributed by atoms with Crippen LogP contribution in [0.1, 0.15) is 53.9 Å². The van der Waals surface area contributed by atoms with Crippen LogP contribution in [0.4, 0.5) is 0 Å². The lowest BCUT2D eigenvalue weighted by Crippen LogP contribution is -2.10. The summed E-state index contributed by atoms with van der Waals surface area (Å²) in [5.41, 5.74) is 0. The second kappa shape index (κ2) is 84.8. The maximum Gasteiger partial charge on any atom is 0.327 e. The van der Waals surface area contributed by atoms with E-state index in [9.17, 15) is 41.1 Å². The largest absolute Gasteiger partial charge is 0.394 e. The van der Waals surface area contributed by atoms with E-state index < -0.39 is 68.4 Å². The van der Waals surface area contributed by atoms with Gasteiger partial charge in [0.1, 0.15) is 0 Å². The fourth-order valence-electron chi connectivity index (χ4n) is 6.12. The molecule has 0 spiro atoms. The number of hydrogen-bond donors (Lipinski definition) is 6. The van der Waals surface area contributed by atoms with Crippen LogP contribution in [0.25, 0.3) is 0 Å². The van der Waals surface area contributed by atoms with Crippen LogP contribution in [-0.4, -0.2) is 370 Å². The van der Waals surface area contributed by atoms with E-state index in [0.717, 1.165) is 19.3 Å². The molecule has 0 aromatic rings. The summed E-state index contributed by atoms with van der Waals surface area (Å²) >= 11 is 0. The second-order valence-electron chi connectivity index (χ2n) is 20.9. The van der Waals surface area contributed by atoms with Crippen LogP contribution in [0, 0.1) is 0 Å². The summed E-state index contributed by atoms with van der Waals surface area (Å²) in [6.07, 6.45) is 2.77. The minimum absolute atomic E-state index is 0.0147. The maximum atomic E-state index is 11.8. The van der Waals surface area contributed by atoms with Crippen molar-refractivity contribution < 1.29 is 196 Å². The molecular weight excluding hydrogens is 1660 g/mol. The molecule has 3 atom stereocenters. The number of hydrogen-bond acceptors (Lipinski definition) is 42. The van der Waals surface area contributed by atoms with Gasteiger partial charge in [-0.3, -0.25) is 41.1 Å². The minimum Gasteiger partial charge on any atom is -0.394 e. The van der Waals surface area contributed by atoms with Gasteiger partial charge < -0.3 is 155 Å². The average molecular weight is 1800 g/mol. The zero-order chi connectivity index (χ0) is 85.3. The van der Waals surface area contributed by atoms with Crippen molar-refractivity contribution in [3.8, 4) is 0 Å². The van der Waals surface area contributed by atoms with Gasteiger partial charge in [0.25, 0.3) is 0 Å². The predicted molar refractivity (Wildman–Crippen MR) is 414 cm³/mol. The Kier molecular flexibility index (Phi) is 95.5. The monoisotopic (exact) mass is 1800 g/mol. The summed E-state index contributed by atoms with van der Waals surface area (Å²) < 4.78 is 233. The number of aliphatic hydroxyl groups excluding tert-OH is 6. The molecular formula is C59H141O42P9. The van der Waals surface area contributed by atoms with Gasteiger partial charge in [0.15, 0.2) is 0 Å². The normalized spacial score (nSPS) is 15.6. The third-order valence-electron chi connectivity index (χ3n) is 10.5. The molecule has 0 bridgehead atoms. The lowest BCUT2D eigenvalue weighted by atomic mass is 10.3. The van der Waals surface area contributed by atoms with Gasteiger partial charge in [-0.25, -0.2) is 0 Å². The Balaban J connectivity index is -0.000000220. The summed E-state index contributed by atoms with van der Waals surface area (Å²) in [5, 5.41) is 50.1. The molecule has 42 nitrogen and oxygen atoms in total. The molecule has 110 heavy (non-hydrogen) atoms. The van der Waals surface area contributed by atoms with E-state index >= 15 is 0 Å². The van der Waals surface area contributed by atoms with Gasteiger partial charge >= 0.3 is 68.4 Å². The van der Waals surface area contributed by atoms with Crippen molar-refractivity contribution in [3.05, 3.63) is 0 Å². The molecule has 2 heterocycles. The Morgan fingerprint density at radius 2 is 0.400 bits per heavy atom. The standard InChI is InChI=1S/C11H25O7P.C9H21O7P.C8H19O5P.C7H17O5P.C5H13O5P.C5H13O4P.C5H11O3P.C5H13O3P.C4H9O3P/c1-13-4-6-15-8-10-17-19(3,12)18-11-9-16-7-5-14-2;1-17(12,15-8-6-13-4-2-10)16-9-7-14-5-3-11;1-4-12-14(3,9)13-8-7-11-6-5-10-2;1-3-11-13(2,9)12-7-6-10-5-4-8;1-11(8,9-4-2-6)10-5-3-7;1-3-8-10(2,7)9-5-4-6;1-9(6)7-4-2-3-5-8-9;1-4-7-9(3,6)8-5-2;1-8(5)6-3-2-4-7-8/h4-11H2,1-3H3;10-11H,2-9H2,1H3;4-8H2,1-3H3;8H,3-7H2,1-2H3;6-7H,2-5H2,1H3;6H,3-5H2,1-2H3;2-5H2,1H3;4-5H2,1-3H3;2-4H2,1H3. The summed E-state index contributed by atoms with van der Waals surface area (Å²) in [7, 11) is -20.9. The van der Waals surface area contributed by atoms with Crippen LogP contribution < -0.4 is 0 Å². The quantitative estimate of drug-likeness (QED) is 0.0244. The van der Waals surface area contributed by atoms with E-state index in [2.05, 4.69) is 9.05 Å². The lowest BCUT2D eigenvalue weighted by Gasteiger charge is -2.18. The van der Waals surface area contributed by atoms with Crippen molar-refractivity contribution in [3.63, 3.8) is 0 Å². The Morgan fingerprint density at radius 1 is 0.245 bits per heavy atom. The van der Waals surface area contributed by atoms with Crippen molar-refractivity contribution in [2.75, 3.05) is 339 Å². The third-order valence-corrected chi connectivity index (χ3v) is 22.6. The van der Waals surface area contributed by atoms with Gasteiger partial charge in [-0.05, 0) is 53.9 Å². The van der Waals surface area contributed by atoms with Gasteiger partial charge in [0, 0.05) is 81.3 Å². The molecule has 0 aromatic carbocycles. The topological polar surface area (TPSA) is 524 Å². The Bertz CT molecular complexity index is 2330. The molecule has 3 unspecified atom stereocenters. The Hall–Kier alpha value is 0.750. The molecule has 0 radical (unpaired) electrons. The smallest absolute Gasteiger partial charge is 0.327 e. The zero-order valence-corrected chi connectivity index (χ0v) is 76.2. The van der Waals surface area contributed by atoms with Gasteiger partial charge in [0.2, 0.25) is 0 Å². The van der Waals surface area contributed by atoms with Crippen molar-refractivity contribution >= 4 is 68.4 Å². The third kappa shape index (κ3) is 109. The molecule has 51 heteroatoms. The Morgan fingerprint density at radius 3 is 0.573 bits per heavy atom. The summed E-state index contributed by atoms with van der Waals surface area (Å²) in [5.74, 6) is 0. The van der Waals surface area contributed by atoms with E-state index in [1.54, 1.807) is 55.9 Å². The van der Waals surface area contributed by atoms with Crippen LogP contribution in [0.5, 0.6) is 0 Å². The van der Waals surface area contributed by atoms with Gasteiger partial charge in [-0.15, -0.1) is 0 Å². The number of aliphatic hydroxyl groups is 6. The summed E-state index contributed by atoms with van der Waals surface area (Å²) in [6.45, 7) is 32.3. The highest BCUT2D eigenvalue weighted by atomic mass is 31.2. The van der Waals surface area contributed by atoms with Crippen molar-refractivity contribution in [1.29, 1.82) is 0 Å². The van der Waals surface area contributed by atoms with Crippen molar-refractivity contribution in [2.45, 2.75) is 53.9 Å². The first-order chi connectivity index (χ1) is 51.8. The van der Waals surface area contributed by atoms with Gasteiger partial charge in [0.05, 0.1) is 258 Å². The molecule has 2 aliphatic rings. The van der Waals surface area contributed by atoms with E-state index in [1.165, 1.54) is 60.0 Å².